The highest BCUT2D eigenvalue weighted by Crippen LogP contribution is 2.27. The second kappa shape index (κ2) is 7.76. The molecule has 7 heteroatoms. The van der Waals surface area contributed by atoms with Gasteiger partial charge in [0, 0.05) is 30.7 Å². The number of pyridine rings is 2. The summed E-state index contributed by atoms with van der Waals surface area (Å²) in [5.74, 6) is 0.912. The SMILES string of the molecule is N#CCCCn1c(Cn2nc(-c3ccccn3)c3ccncc32)nc2ccccc21. The Balaban J connectivity index is 1.61. The smallest absolute Gasteiger partial charge is 0.131 e. The molecule has 0 atom stereocenters. The molecular weight excluding hydrogens is 374 g/mol. The van der Waals surface area contributed by atoms with E-state index in [1.165, 1.54) is 0 Å². The first-order chi connectivity index (χ1) is 14.8. The molecule has 4 heterocycles. The second-order valence-electron chi connectivity index (χ2n) is 7.04. The van der Waals surface area contributed by atoms with Crippen LogP contribution in [0, 0.1) is 11.3 Å². The molecule has 1 aromatic carbocycles. The Kier molecular flexibility index (Phi) is 4.66. The third-order valence-corrected chi connectivity index (χ3v) is 5.16. The molecule has 0 aliphatic carbocycles. The van der Waals surface area contributed by atoms with Crippen molar-refractivity contribution in [3.63, 3.8) is 0 Å². The number of aromatic nitrogens is 6. The van der Waals surface area contributed by atoms with E-state index in [-0.39, 0.29) is 0 Å². The van der Waals surface area contributed by atoms with Crippen molar-refractivity contribution in [1.29, 1.82) is 5.26 Å². The molecule has 0 saturated carbocycles. The zero-order chi connectivity index (χ0) is 20.3. The van der Waals surface area contributed by atoms with Gasteiger partial charge in [0.05, 0.1) is 41.1 Å². The van der Waals surface area contributed by atoms with Crippen LogP contribution in [0.5, 0.6) is 0 Å². The minimum Gasteiger partial charge on any atom is -0.326 e. The first-order valence-electron chi connectivity index (χ1n) is 9.88. The number of imidazole rings is 1. The van der Waals surface area contributed by atoms with E-state index in [4.69, 9.17) is 15.3 Å². The van der Waals surface area contributed by atoms with Gasteiger partial charge in [-0.2, -0.15) is 10.4 Å². The van der Waals surface area contributed by atoms with Crippen LogP contribution in [0.15, 0.2) is 67.1 Å². The highest BCUT2D eigenvalue weighted by Gasteiger charge is 2.16. The van der Waals surface area contributed by atoms with Crippen molar-refractivity contribution in [3.05, 3.63) is 72.9 Å². The molecule has 146 valence electrons. The van der Waals surface area contributed by atoms with Gasteiger partial charge in [-0.05, 0) is 36.8 Å². The summed E-state index contributed by atoms with van der Waals surface area (Å²) >= 11 is 0. The monoisotopic (exact) mass is 393 g/mol. The van der Waals surface area contributed by atoms with Crippen molar-refractivity contribution in [3.8, 4) is 17.5 Å². The zero-order valence-corrected chi connectivity index (χ0v) is 16.3. The summed E-state index contributed by atoms with van der Waals surface area (Å²) in [4.78, 5) is 13.6. The summed E-state index contributed by atoms with van der Waals surface area (Å²) in [6.45, 7) is 1.25. The molecule has 0 fully saturated rings. The number of fused-ring (bicyclic) bond motifs is 2. The molecule has 0 aliphatic heterocycles. The van der Waals surface area contributed by atoms with E-state index in [2.05, 4.69) is 26.7 Å². The lowest BCUT2D eigenvalue weighted by Crippen LogP contribution is -2.10. The molecule has 0 N–H and O–H groups in total. The van der Waals surface area contributed by atoms with E-state index in [9.17, 15) is 0 Å². The van der Waals surface area contributed by atoms with Gasteiger partial charge in [-0.3, -0.25) is 14.6 Å². The molecule has 0 amide bonds. The van der Waals surface area contributed by atoms with Crippen LogP contribution in [0.1, 0.15) is 18.7 Å². The van der Waals surface area contributed by atoms with Gasteiger partial charge < -0.3 is 4.57 Å². The van der Waals surface area contributed by atoms with Crippen molar-refractivity contribution in [2.75, 3.05) is 0 Å². The van der Waals surface area contributed by atoms with Crippen molar-refractivity contribution in [2.24, 2.45) is 0 Å². The number of hydrogen-bond donors (Lipinski definition) is 0. The van der Waals surface area contributed by atoms with Gasteiger partial charge in [0.1, 0.15) is 11.5 Å². The van der Waals surface area contributed by atoms with Gasteiger partial charge in [-0.25, -0.2) is 4.98 Å². The van der Waals surface area contributed by atoms with Crippen LogP contribution < -0.4 is 0 Å². The van der Waals surface area contributed by atoms with Crippen LogP contribution in [0.25, 0.3) is 33.3 Å². The number of rotatable bonds is 6. The Labute approximate surface area is 173 Å². The molecule has 0 saturated heterocycles. The average Bonchev–Trinajstić information content (AvgIpc) is 3.33. The maximum Gasteiger partial charge on any atom is 0.131 e. The molecule has 0 radical (unpaired) electrons. The lowest BCUT2D eigenvalue weighted by Gasteiger charge is -2.09. The van der Waals surface area contributed by atoms with Gasteiger partial charge in [0.2, 0.25) is 0 Å². The molecule has 4 aromatic heterocycles. The van der Waals surface area contributed by atoms with Gasteiger partial charge in [0.25, 0.3) is 0 Å². The zero-order valence-electron chi connectivity index (χ0n) is 16.3. The van der Waals surface area contributed by atoms with Gasteiger partial charge in [-0.1, -0.05) is 18.2 Å². The normalized spacial score (nSPS) is 11.2. The standard InChI is InChI=1S/C23H19N7/c24-11-4-6-14-29-20-9-2-1-7-18(20)27-22(29)16-30-21-15-25-13-10-17(21)23(28-30)19-8-3-5-12-26-19/h1-3,5,7-10,12-13,15H,4,6,14,16H2. The fourth-order valence-corrected chi connectivity index (χ4v) is 3.78. The fourth-order valence-electron chi connectivity index (χ4n) is 3.78. The lowest BCUT2D eigenvalue weighted by molar-refractivity contribution is 0.594. The molecule has 0 unspecified atom stereocenters. The Morgan fingerprint density at radius 2 is 1.87 bits per heavy atom. The fraction of sp³-hybridized carbons (Fsp3) is 0.174. The van der Waals surface area contributed by atoms with Gasteiger partial charge >= 0.3 is 0 Å². The predicted octanol–water partition coefficient (Wildman–Crippen LogP) is 4.20. The molecule has 0 aliphatic rings. The van der Waals surface area contributed by atoms with Crippen molar-refractivity contribution < 1.29 is 0 Å². The van der Waals surface area contributed by atoms with Gasteiger partial charge in [0.15, 0.2) is 0 Å². The summed E-state index contributed by atoms with van der Waals surface area (Å²) in [7, 11) is 0. The Morgan fingerprint density at radius 1 is 0.967 bits per heavy atom. The minimum atomic E-state index is 0.510. The van der Waals surface area contributed by atoms with Crippen LogP contribution in [-0.2, 0) is 13.1 Å². The first-order valence-corrected chi connectivity index (χ1v) is 9.88. The maximum atomic E-state index is 8.94. The van der Waals surface area contributed by atoms with Gasteiger partial charge in [-0.15, -0.1) is 0 Å². The number of para-hydroxylation sites is 2. The Bertz CT molecular complexity index is 1360. The molecule has 0 bridgehead atoms. The topological polar surface area (TPSA) is 85.2 Å². The van der Waals surface area contributed by atoms with Crippen LogP contribution in [0.4, 0.5) is 0 Å². The Hall–Kier alpha value is -4.05. The van der Waals surface area contributed by atoms with Crippen molar-refractivity contribution >= 4 is 21.9 Å². The quantitative estimate of drug-likeness (QED) is 0.404. The number of benzene rings is 1. The largest absolute Gasteiger partial charge is 0.326 e. The van der Waals surface area contributed by atoms with Crippen LogP contribution in [-0.4, -0.2) is 29.3 Å². The lowest BCUT2D eigenvalue weighted by atomic mass is 10.2. The van der Waals surface area contributed by atoms with Crippen molar-refractivity contribution in [1.82, 2.24) is 29.3 Å². The average molecular weight is 393 g/mol. The maximum absolute atomic E-state index is 8.94. The summed E-state index contributed by atoms with van der Waals surface area (Å²) in [6, 6.07) is 18.1. The molecular formula is C23H19N7. The molecule has 0 spiro atoms. The summed E-state index contributed by atoms with van der Waals surface area (Å²) in [5.41, 5.74) is 4.62. The predicted molar refractivity (Wildman–Crippen MR) is 114 cm³/mol. The number of hydrogen-bond acceptors (Lipinski definition) is 5. The number of nitriles is 1. The molecule has 30 heavy (non-hydrogen) atoms. The molecule has 5 rings (SSSR count). The summed E-state index contributed by atoms with van der Waals surface area (Å²) in [5, 5.41) is 14.8. The van der Waals surface area contributed by atoms with E-state index >= 15 is 0 Å². The summed E-state index contributed by atoms with van der Waals surface area (Å²) < 4.78 is 4.13. The molecule has 5 aromatic rings. The van der Waals surface area contributed by atoms with Crippen LogP contribution in [0.3, 0.4) is 0 Å². The van der Waals surface area contributed by atoms with E-state index < -0.39 is 0 Å². The second-order valence-corrected chi connectivity index (χ2v) is 7.04. The number of nitrogens with zero attached hydrogens (tertiary/aromatic N) is 7. The third-order valence-electron chi connectivity index (χ3n) is 5.16. The van der Waals surface area contributed by atoms with Crippen LogP contribution >= 0.6 is 0 Å². The van der Waals surface area contributed by atoms with Crippen molar-refractivity contribution in [2.45, 2.75) is 25.9 Å². The van der Waals surface area contributed by atoms with Crippen LogP contribution in [0.2, 0.25) is 0 Å². The summed E-state index contributed by atoms with van der Waals surface area (Å²) in [6.07, 6.45) is 6.68. The van der Waals surface area contributed by atoms with E-state index in [1.807, 2.05) is 53.3 Å². The highest BCUT2D eigenvalue weighted by atomic mass is 15.3. The minimum absolute atomic E-state index is 0.510. The number of aryl methyl sites for hydroxylation is 1. The molecule has 7 nitrogen and oxygen atoms in total. The van der Waals surface area contributed by atoms with E-state index in [0.717, 1.165) is 52.1 Å². The number of unbranched alkanes of at least 4 members (excludes halogenated alkanes) is 1. The Morgan fingerprint density at radius 3 is 2.73 bits per heavy atom. The highest BCUT2D eigenvalue weighted by molar-refractivity contribution is 5.91. The first kappa shape index (κ1) is 18.0. The van der Waals surface area contributed by atoms with E-state index in [0.29, 0.717) is 13.0 Å². The van der Waals surface area contributed by atoms with E-state index in [1.54, 1.807) is 12.4 Å². The third kappa shape index (κ3) is 3.18.